The van der Waals surface area contributed by atoms with E-state index in [2.05, 4.69) is 0 Å². The van der Waals surface area contributed by atoms with E-state index in [9.17, 15) is 14.4 Å². The number of rotatable bonds is 4. The highest BCUT2D eigenvalue weighted by Gasteiger charge is 2.27. The standard InChI is InChI=1S/C19H15ClN2O4/c1-26-16-9-11(8-14-17(23)21-19(25)22-18(14)24)6-7-13(16)10-12-4-2-3-5-15(12)20/h2-9H,10H2,1H3,(H2,21,22,23,24,25). The smallest absolute Gasteiger partial charge is 0.328 e. The fourth-order valence-electron chi connectivity index (χ4n) is 2.62. The highest BCUT2D eigenvalue weighted by Crippen LogP contribution is 2.27. The Morgan fingerprint density at radius 3 is 2.35 bits per heavy atom. The highest BCUT2D eigenvalue weighted by molar-refractivity contribution is 6.31. The lowest BCUT2D eigenvalue weighted by Gasteiger charge is -2.14. The summed E-state index contributed by atoms with van der Waals surface area (Å²) in [6, 6.07) is 12.0. The van der Waals surface area contributed by atoms with Crippen LogP contribution < -0.4 is 15.4 Å². The summed E-state index contributed by atoms with van der Waals surface area (Å²) in [6.45, 7) is 0. The Bertz CT molecular complexity index is 915. The van der Waals surface area contributed by atoms with E-state index in [0.29, 0.717) is 22.8 Å². The maximum absolute atomic E-state index is 11.8. The summed E-state index contributed by atoms with van der Waals surface area (Å²) >= 11 is 6.21. The molecule has 3 rings (SSSR count). The number of barbiturate groups is 1. The Balaban J connectivity index is 1.91. The zero-order valence-corrected chi connectivity index (χ0v) is 14.6. The molecule has 26 heavy (non-hydrogen) atoms. The van der Waals surface area contributed by atoms with Crippen LogP contribution in [-0.2, 0) is 16.0 Å². The first-order chi connectivity index (χ1) is 12.5. The van der Waals surface area contributed by atoms with E-state index in [1.54, 1.807) is 19.2 Å². The first-order valence-electron chi connectivity index (χ1n) is 7.76. The molecule has 0 spiro atoms. The average molecular weight is 371 g/mol. The lowest BCUT2D eigenvalue weighted by molar-refractivity contribution is -0.123. The van der Waals surface area contributed by atoms with E-state index >= 15 is 0 Å². The number of carbonyl (C=O) groups is 3. The fraction of sp³-hybridized carbons (Fsp3) is 0.105. The van der Waals surface area contributed by atoms with Crippen LogP contribution in [0.15, 0.2) is 48.0 Å². The number of methoxy groups -OCH3 is 1. The van der Waals surface area contributed by atoms with Gasteiger partial charge in [0.05, 0.1) is 7.11 Å². The van der Waals surface area contributed by atoms with Crippen molar-refractivity contribution in [3.05, 3.63) is 69.8 Å². The first-order valence-corrected chi connectivity index (χ1v) is 8.14. The van der Waals surface area contributed by atoms with Crippen LogP contribution in [0, 0.1) is 0 Å². The summed E-state index contributed by atoms with van der Waals surface area (Å²) < 4.78 is 5.43. The van der Waals surface area contributed by atoms with Gasteiger partial charge >= 0.3 is 6.03 Å². The number of nitrogens with one attached hydrogen (secondary N) is 2. The number of imide groups is 2. The van der Waals surface area contributed by atoms with Crippen molar-refractivity contribution >= 4 is 35.5 Å². The molecular formula is C19H15ClN2O4. The van der Waals surface area contributed by atoms with Crippen LogP contribution in [0.4, 0.5) is 4.79 Å². The van der Waals surface area contributed by atoms with Crippen LogP contribution >= 0.6 is 11.6 Å². The molecule has 0 radical (unpaired) electrons. The molecule has 2 aromatic carbocycles. The lowest BCUT2D eigenvalue weighted by Crippen LogP contribution is -2.51. The number of urea groups is 1. The quantitative estimate of drug-likeness (QED) is 0.640. The molecule has 132 valence electrons. The van der Waals surface area contributed by atoms with Crippen molar-refractivity contribution < 1.29 is 19.1 Å². The molecule has 0 saturated carbocycles. The van der Waals surface area contributed by atoms with Gasteiger partial charge in [-0.15, -0.1) is 0 Å². The molecule has 0 aliphatic carbocycles. The predicted octanol–water partition coefficient (Wildman–Crippen LogP) is 2.69. The van der Waals surface area contributed by atoms with Crippen LogP contribution in [0.3, 0.4) is 0 Å². The van der Waals surface area contributed by atoms with E-state index in [4.69, 9.17) is 16.3 Å². The zero-order chi connectivity index (χ0) is 18.7. The Kier molecular flexibility index (Phi) is 5.04. The topological polar surface area (TPSA) is 84.5 Å². The predicted molar refractivity (Wildman–Crippen MR) is 96.9 cm³/mol. The number of hydrogen-bond donors (Lipinski definition) is 2. The van der Waals surface area contributed by atoms with E-state index in [0.717, 1.165) is 11.1 Å². The minimum absolute atomic E-state index is 0.148. The third-order valence-electron chi connectivity index (χ3n) is 3.90. The fourth-order valence-corrected chi connectivity index (χ4v) is 2.82. The third-order valence-corrected chi connectivity index (χ3v) is 4.27. The minimum atomic E-state index is -0.829. The van der Waals surface area contributed by atoms with Gasteiger partial charge in [0.15, 0.2) is 0 Å². The normalized spacial score (nSPS) is 13.9. The summed E-state index contributed by atoms with van der Waals surface area (Å²) in [5, 5.41) is 4.74. The second kappa shape index (κ2) is 7.41. The maximum atomic E-state index is 11.8. The van der Waals surface area contributed by atoms with Gasteiger partial charge in [0.2, 0.25) is 0 Å². The van der Waals surface area contributed by atoms with Crippen molar-refractivity contribution in [1.82, 2.24) is 10.6 Å². The van der Waals surface area contributed by atoms with Gasteiger partial charge in [-0.1, -0.05) is 41.9 Å². The van der Waals surface area contributed by atoms with E-state index in [1.165, 1.54) is 6.08 Å². The maximum Gasteiger partial charge on any atom is 0.328 e. The molecular weight excluding hydrogens is 356 g/mol. The molecule has 2 N–H and O–H groups in total. The van der Waals surface area contributed by atoms with Crippen LogP contribution in [-0.4, -0.2) is 25.0 Å². The molecule has 4 amide bonds. The molecule has 1 aliphatic heterocycles. The molecule has 2 aromatic rings. The highest BCUT2D eigenvalue weighted by atomic mass is 35.5. The average Bonchev–Trinajstić information content (AvgIpc) is 2.61. The molecule has 1 saturated heterocycles. The van der Waals surface area contributed by atoms with Crippen molar-refractivity contribution in [2.75, 3.05) is 7.11 Å². The van der Waals surface area contributed by atoms with Crippen LogP contribution in [0.25, 0.3) is 6.08 Å². The van der Waals surface area contributed by atoms with E-state index in [-0.39, 0.29) is 5.57 Å². The molecule has 0 bridgehead atoms. The molecule has 6 nitrogen and oxygen atoms in total. The van der Waals surface area contributed by atoms with Gasteiger partial charge in [-0.05, 0) is 34.9 Å². The van der Waals surface area contributed by atoms with Crippen molar-refractivity contribution in [3.63, 3.8) is 0 Å². The van der Waals surface area contributed by atoms with Gasteiger partial charge in [-0.25, -0.2) is 4.79 Å². The largest absolute Gasteiger partial charge is 0.496 e. The SMILES string of the molecule is COc1cc(C=C2C(=O)NC(=O)NC2=O)ccc1Cc1ccccc1Cl. The monoisotopic (exact) mass is 370 g/mol. The summed E-state index contributed by atoms with van der Waals surface area (Å²) in [5.74, 6) is -0.873. The second-order valence-corrected chi connectivity index (χ2v) is 6.04. The Labute approximate surface area is 154 Å². The van der Waals surface area contributed by atoms with Gasteiger partial charge in [-0.3, -0.25) is 20.2 Å². The number of amides is 4. The van der Waals surface area contributed by atoms with Crippen LogP contribution in [0.2, 0.25) is 5.02 Å². The lowest BCUT2D eigenvalue weighted by atomic mass is 10.0. The van der Waals surface area contributed by atoms with Crippen molar-refractivity contribution in [2.24, 2.45) is 0 Å². The van der Waals surface area contributed by atoms with Gasteiger partial charge in [0.25, 0.3) is 11.8 Å². The summed E-state index contributed by atoms with van der Waals surface area (Å²) in [6.07, 6.45) is 1.98. The number of carbonyl (C=O) groups excluding carboxylic acids is 3. The van der Waals surface area contributed by atoms with Gasteiger partial charge in [0.1, 0.15) is 11.3 Å². The number of halogens is 1. The van der Waals surface area contributed by atoms with Crippen LogP contribution in [0.1, 0.15) is 16.7 Å². The summed E-state index contributed by atoms with van der Waals surface area (Å²) in [4.78, 5) is 34.7. The number of benzene rings is 2. The summed E-state index contributed by atoms with van der Waals surface area (Å²) in [7, 11) is 1.54. The Hall–Kier alpha value is -3.12. The van der Waals surface area contributed by atoms with E-state index < -0.39 is 17.8 Å². The minimum Gasteiger partial charge on any atom is -0.496 e. The zero-order valence-electron chi connectivity index (χ0n) is 13.8. The third kappa shape index (κ3) is 3.75. The molecule has 0 atom stereocenters. The van der Waals surface area contributed by atoms with Crippen molar-refractivity contribution in [1.29, 1.82) is 0 Å². The van der Waals surface area contributed by atoms with Gasteiger partial charge in [0, 0.05) is 11.4 Å². The summed E-state index contributed by atoms with van der Waals surface area (Å²) in [5.41, 5.74) is 2.32. The molecule has 1 fully saturated rings. The molecule has 0 aromatic heterocycles. The number of ether oxygens (including phenoxy) is 1. The number of hydrogen-bond acceptors (Lipinski definition) is 4. The van der Waals surface area contributed by atoms with Crippen LogP contribution in [0.5, 0.6) is 5.75 Å². The molecule has 7 heteroatoms. The van der Waals surface area contributed by atoms with E-state index in [1.807, 2.05) is 41.0 Å². The molecule has 0 unspecified atom stereocenters. The Morgan fingerprint density at radius 1 is 1.00 bits per heavy atom. The van der Waals surface area contributed by atoms with Gasteiger partial charge < -0.3 is 4.74 Å². The van der Waals surface area contributed by atoms with Crippen molar-refractivity contribution in [3.8, 4) is 5.75 Å². The molecule has 1 aliphatic rings. The molecule has 1 heterocycles. The second-order valence-electron chi connectivity index (χ2n) is 5.63. The Morgan fingerprint density at radius 2 is 1.69 bits per heavy atom. The van der Waals surface area contributed by atoms with Gasteiger partial charge in [-0.2, -0.15) is 0 Å². The first kappa shape index (κ1) is 17.7. The van der Waals surface area contributed by atoms with Crippen molar-refractivity contribution in [2.45, 2.75) is 6.42 Å².